The van der Waals surface area contributed by atoms with Crippen molar-refractivity contribution < 1.29 is 18.8 Å². The van der Waals surface area contributed by atoms with Crippen LogP contribution >= 0.6 is 11.3 Å². The molecule has 0 saturated heterocycles. The maximum absolute atomic E-state index is 14.2. The van der Waals surface area contributed by atoms with Crippen molar-refractivity contribution in [1.82, 2.24) is 9.97 Å². The molecule has 0 aliphatic carbocycles. The molecular formula is C17H13FN4O4S. The van der Waals surface area contributed by atoms with E-state index in [1.54, 1.807) is 19.2 Å². The molecule has 1 N–H and O–H groups in total. The van der Waals surface area contributed by atoms with Gasteiger partial charge in [0.05, 0.1) is 21.9 Å². The zero-order valence-electron chi connectivity index (χ0n) is 14.2. The van der Waals surface area contributed by atoms with Crippen molar-refractivity contribution in [2.24, 2.45) is 0 Å². The monoisotopic (exact) mass is 388 g/mol. The van der Waals surface area contributed by atoms with E-state index in [0.29, 0.717) is 10.9 Å². The summed E-state index contributed by atoms with van der Waals surface area (Å²) in [5, 5.41) is 15.4. The quantitative estimate of drug-likeness (QED) is 0.517. The molecule has 10 heteroatoms. The third kappa shape index (κ3) is 4.23. The summed E-state index contributed by atoms with van der Waals surface area (Å²) in [6.07, 6.45) is 1.07. The Labute approximate surface area is 156 Å². The van der Waals surface area contributed by atoms with Gasteiger partial charge in [0, 0.05) is 23.2 Å². The highest BCUT2D eigenvalue weighted by Gasteiger charge is 2.17. The average molecular weight is 388 g/mol. The fraction of sp³-hybridized carbons (Fsp3) is 0.118. The van der Waals surface area contributed by atoms with Crippen LogP contribution in [0.4, 0.5) is 15.8 Å². The molecular weight excluding hydrogens is 375 g/mol. The lowest BCUT2D eigenvalue weighted by molar-refractivity contribution is -0.385. The van der Waals surface area contributed by atoms with E-state index in [4.69, 9.17) is 4.74 Å². The zero-order valence-corrected chi connectivity index (χ0v) is 15.0. The molecule has 0 aliphatic rings. The van der Waals surface area contributed by atoms with Gasteiger partial charge in [-0.2, -0.15) is 0 Å². The van der Waals surface area contributed by atoms with Crippen molar-refractivity contribution in [3.63, 3.8) is 0 Å². The summed E-state index contributed by atoms with van der Waals surface area (Å²) in [7, 11) is 0. The van der Waals surface area contributed by atoms with E-state index >= 15 is 0 Å². The summed E-state index contributed by atoms with van der Waals surface area (Å²) in [6.45, 7) is 3.34. The van der Waals surface area contributed by atoms with E-state index in [1.807, 2.05) is 0 Å². The zero-order chi connectivity index (χ0) is 19.6. The summed E-state index contributed by atoms with van der Waals surface area (Å²) in [5.74, 6) is -1.35. The van der Waals surface area contributed by atoms with Crippen LogP contribution in [0.15, 0.2) is 35.8 Å². The molecule has 1 aromatic carbocycles. The van der Waals surface area contributed by atoms with E-state index < -0.39 is 16.6 Å². The van der Waals surface area contributed by atoms with Gasteiger partial charge in [0.1, 0.15) is 6.20 Å². The number of rotatable bonds is 5. The van der Waals surface area contributed by atoms with Crippen molar-refractivity contribution >= 4 is 28.6 Å². The third-order valence-corrected chi connectivity index (χ3v) is 4.35. The standard InChI is InChI=1S/C17H13FN4O4S/c1-9-8-27-17(20-9)26-15-4-3-11(5-14(15)18)21-16(23)13-6-12(22(24)25)7-19-10(13)2/h3-8H,1-2H3,(H,21,23). The lowest BCUT2D eigenvalue weighted by atomic mass is 10.1. The second kappa shape index (κ2) is 7.46. The number of aromatic nitrogens is 2. The molecule has 3 aromatic rings. The van der Waals surface area contributed by atoms with Gasteiger partial charge in [-0.25, -0.2) is 9.37 Å². The SMILES string of the molecule is Cc1csc(Oc2ccc(NC(=O)c3cc([N+](=O)[O-])cnc3C)cc2F)n1. The number of aryl methyl sites for hydroxylation is 2. The molecule has 0 atom stereocenters. The van der Waals surface area contributed by atoms with Gasteiger partial charge >= 0.3 is 0 Å². The lowest BCUT2D eigenvalue weighted by Crippen LogP contribution is -2.14. The average Bonchev–Trinajstić information content (AvgIpc) is 3.02. The molecule has 8 nitrogen and oxygen atoms in total. The smallest absolute Gasteiger partial charge is 0.288 e. The lowest BCUT2D eigenvalue weighted by Gasteiger charge is -2.09. The van der Waals surface area contributed by atoms with Crippen LogP contribution in [0, 0.1) is 29.8 Å². The molecule has 0 aliphatic heterocycles. The van der Waals surface area contributed by atoms with E-state index in [1.165, 1.54) is 23.5 Å². The molecule has 3 rings (SSSR count). The molecule has 27 heavy (non-hydrogen) atoms. The Morgan fingerprint density at radius 1 is 1.33 bits per heavy atom. The van der Waals surface area contributed by atoms with Crippen LogP contribution in [-0.4, -0.2) is 20.8 Å². The number of nitrogens with one attached hydrogen (secondary N) is 1. The van der Waals surface area contributed by atoms with E-state index in [-0.39, 0.29) is 22.7 Å². The number of hydrogen-bond donors (Lipinski definition) is 1. The summed E-state index contributed by atoms with van der Waals surface area (Å²) in [4.78, 5) is 30.5. The first-order valence-electron chi connectivity index (χ1n) is 7.65. The Hall–Kier alpha value is -3.40. The number of thiazole rings is 1. The second-order valence-electron chi connectivity index (χ2n) is 5.54. The van der Waals surface area contributed by atoms with Crippen LogP contribution in [0.25, 0.3) is 0 Å². The van der Waals surface area contributed by atoms with Gasteiger partial charge < -0.3 is 10.1 Å². The van der Waals surface area contributed by atoms with E-state index in [0.717, 1.165) is 24.0 Å². The normalized spacial score (nSPS) is 10.5. The fourth-order valence-electron chi connectivity index (χ4n) is 2.18. The number of nitrogens with zero attached hydrogens (tertiary/aromatic N) is 3. The van der Waals surface area contributed by atoms with Gasteiger partial charge in [0.15, 0.2) is 11.6 Å². The molecule has 0 spiro atoms. The van der Waals surface area contributed by atoms with E-state index in [9.17, 15) is 19.3 Å². The van der Waals surface area contributed by atoms with Gasteiger partial charge in [0.25, 0.3) is 16.8 Å². The highest BCUT2D eigenvalue weighted by molar-refractivity contribution is 7.11. The second-order valence-corrected chi connectivity index (χ2v) is 6.36. The Bertz CT molecular complexity index is 1040. The minimum atomic E-state index is -0.686. The molecule has 0 unspecified atom stereocenters. The van der Waals surface area contributed by atoms with Crippen LogP contribution in [-0.2, 0) is 0 Å². The number of halogens is 1. The summed E-state index contributed by atoms with van der Waals surface area (Å²) < 4.78 is 19.6. The number of anilines is 1. The highest BCUT2D eigenvalue weighted by atomic mass is 32.1. The van der Waals surface area contributed by atoms with Crippen LogP contribution < -0.4 is 10.1 Å². The number of carbonyl (C=O) groups excluding carboxylic acids is 1. The first-order valence-corrected chi connectivity index (χ1v) is 8.53. The molecule has 138 valence electrons. The van der Waals surface area contributed by atoms with Gasteiger partial charge in [-0.3, -0.25) is 19.9 Å². The van der Waals surface area contributed by atoms with Crippen molar-refractivity contribution in [2.75, 3.05) is 5.32 Å². The fourth-order valence-corrected chi connectivity index (χ4v) is 2.84. The molecule has 1 amide bonds. The Balaban J connectivity index is 1.78. The molecule has 2 aromatic heterocycles. The largest absolute Gasteiger partial charge is 0.428 e. The number of nitro groups is 1. The summed E-state index contributed by atoms with van der Waals surface area (Å²) in [6, 6.07) is 5.03. The van der Waals surface area contributed by atoms with Crippen molar-refractivity contribution in [3.8, 4) is 10.9 Å². The molecule has 0 radical (unpaired) electrons. The molecule has 2 heterocycles. The number of benzene rings is 1. The van der Waals surface area contributed by atoms with Crippen LogP contribution in [0.1, 0.15) is 21.7 Å². The van der Waals surface area contributed by atoms with Gasteiger partial charge in [-0.15, -0.1) is 0 Å². The molecule has 0 bridgehead atoms. The topological polar surface area (TPSA) is 107 Å². The van der Waals surface area contributed by atoms with Crippen LogP contribution in [0.5, 0.6) is 10.9 Å². The first-order chi connectivity index (χ1) is 12.8. The molecule has 0 saturated carbocycles. The van der Waals surface area contributed by atoms with Gasteiger partial charge in [-0.05, 0) is 26.0 Å². The molecule has 0 fully saturated rings. The van der Waals surface area contributed by atoms with Crippen molar-refractivity contribution in [2.45, 2.75) is 13.8 Å². The third-order valence-electron chi connectivity index (χ3n) is 3.51. The van der Waals surface area contributed by atoms with Crippen LogP contribution in [0.2, 0.25) is 0 Å². The van der Waals surface area contributed by atoms with Gasteiger partial charge in [-0.1, -0.05) is 11.3 Å². The number of ether oxygens (including phenoxy) is 1. The highest BCUT2D eigenvalue weighted by Crippen LogP contribution is 2.29. The summed E-state index contributed by atoms with van der Waals surface area (Å²) in [5.41, 5.74) is 0.978. The van der Waals surface area contributed by atoms with Gasteiger partial charge in [0.2, 0.25) is 0 Å². The van der Waals surface area contributed by atoms with Crippen LogP contribution in [0.3, 0.4) is 0 Å². The predicted molar refractivity (Wildman–Crippen MR) is 96.9 cm³/mol. The minimum absolute atomic E-state index is 0.0307. The number of pyridine rings is 1. The Morgan fingerprint density at radius 3 is 2.74 bits per heavy atom. The Kier molecular flexibility index (Phi) is 5.08. The predicted octanol–water partition coefficient (Wildman–Crippen LogP) is 4.25. The number of carbonyl (C=O) groups is 1. The number of hydrogen-bond acceptors (Lipinski definition) is 7. The maximum atomic E-state index is 14.2. The van der Waals surface area contributed by atoms with Crippen molar-refractivity contribution in [3.05, 3.63) is 68.7 Å². The van der Waals surface area contributed by atoms with E-state index in [2.05, 4.69) is 15.3 Å². The maximum Gasteiger partial charge on any atom is 0.288 e. The number of amides is 1. The van der Waals surface area contributed by atoms with Crippen molar-refractivity contribution in [1.29, 1.82) is 0 Å². The Morgan fingerprint density at radius 2 is 2.11 bits per heavy atom. The minimum Gasteiger partial charge on any atom is -0.428 e. The summed E-state index contributed by atoms with van der Waals surface area (Å²) >= 11 is 1.24. The first kappa shape index (κ1) is 18.4.